The van der Waals surface area contributed by atoms with Crippen LogP contribution < -0.4 is 10.1 Å². The lowest BCUT2D eigenvalue weighted by Gasteiger charge is -2.12. The Labute approximate surface area is 165 Å². The number of rotatable bonds is 5. The molecule has 0 saturated carbocycles. The molecule has 0 aliphatic heterocycles. The Morgan fingerprint density at radius 3 is 2.35 bits per heavy atom. The predicted octanol–water partition coefficient (Wildman–Crippen LogP) is 5.80. The monoisotopic (exact) mass is 404 g/mol. The van der Waals surface area contributed by atoms with Gasteiger partial charge in [-0.2, -0.15) is 0 Å². The summed E-state index contributed by atoms with van der Waals surface area (Å²) >= 11 is 13.8. The van der Waals surface area contributed by atoms with Gasteiger partial charge in [-0.25, -0.2) is 0 Å². The highest BCUT2D eigenvalue weighted by molar-refractivity contribution is 7.99. The molecule has 0 saturated heterocycles. The summed E-state index contributed by atoms with van der Waals surface area (Å²) in [6, 6.07) is 14.4. The lowest BCUT2D eigenvalue weighted by molar-refractivity contribution is 0.102. The third-order valence-corrected chi connectivity index (χ3v) is 5.53. The van der Waals surface area contributed by atoms with Crippen LogP contribution >= 0.6 is 35.0 Å². The van der Waals surface area contributed by atoms with Crippen LogP contribution in [0.5, 0.6) is 5.75 Å². The summed E-state index contributed by atoms with van der Waals surface area (Å²) in [5, 5.41) is 3.84. The number of aromatic nitrogens is 1. The fourth-order valence-corrected chi connectivity index (χ4v) is 3.69. The molecular formula is C19H14Cl2N2O2S. The Balaban J connectivity index is 1.84. The number of nitrogens with one attached hydrogen (secondary N) is 1. The minimum atomic E-state index is -0.215. The van der Waals surface area contributed by atoms with Crippen LogP contribution in [0.2, 0.25) is 10.0 Å². The van der Waals surface area contributed by atoms with Gasteiger partial charge in [-0.05, 0) is 36.4 Å². The third kappa shape index (κ3) is 4.30. The second-order valence-corrected chi connectivity index (χ2v) is 7.08. The van der Waals surface area contributed by atoms with Gasteiger partial charge in [0.2, 0.25) is 0 Å². The lowest BCUT2D eigenvalue weighted by Crippen LogP contribution is -2.12. The standard InChI is InChI=1S/C19H14Cl2N2O2S/c1-25-13-8-6-12(7-9-13)19(24)23-16-4-2-3-5-17(16)26-18-14(20)10-22-11-15(18)21/h2-11H,1H3,(H,23,24). The summed E-state index contributed by atoms with van der Waals surface area (Å²) in [6.45, 7) is 0. The Morgan fingerprint density at radius 2 is 1.69 bits per heavy atom. The van der Waals surface area contributed by atoms with Crippen molar-refractivity contribution in [3.05, 3.63) is 76.5 Å². The van der Waals surface area contributed by atoms with E-state index >= 15 is 0 Å². The van der Waals surface area contributed by atoms with Gasteiger partial charge >= 0.3 is 0 Å². The zero-order valence-corrected chi connectivity index (χ0v) is 16.0. The molecular weight excluding hydrogens is 391 g/mol. The van der Waals surface area contributed by atoms with Crippen LogP contribution in [0.3, 0.4) is 0 Å². The smallest absolute Gasteiger partial charge is 0.255 e. The highest BCUT2D eigenvalue weighted by Gasteiger charge is 2.13. The van der Waals surface area contributed by atoms with Crippen LogP contribution in [-0.2, 0) is 0 Å². The van der Waals surface area contributed by atoms with E-state index in [1.54, 1.807) is 31.4 Å². The number of para-hydroxylation sites is 1. The number of anilines is 1. The molecule has 1 heterocycles. The molecule has 0 radical (unpaired) electrons. The molecule has 132 valence electrons. The number of amides is 1. The fraction of sp³-hybridized carbons (Fsp3) is 0.0526. The molecule has 0 bridgehead atoms. The number of carbonyl (C=O) groups excluding carboxylic acids is 1. The van der Waals surface area contributed by atoms with Crippen LogP contribution in [0.4, 0.5) is 5.69 Å². The lowest BCUT2D eigenvalue weighted by atomic mass is 10.2. The van der Waals surface area contributed by atoms with E-state index in [0.29, 0.717) is 31.9 Å². The molecule has 7 heteroatoms. The first-order valence-electron chi connectivity index (χ1n) is 7.60. The third-order valence-electron chi connectivity index (χ3n) is 3.51. The van der Waals surface area contributed by atoms with Gasteiger partial charge < -0.3 is 10.1 Å². The zero-order chi connectivity index (χ0) is 18.5. The quantitative estimate of drug-likeness (QED) is 0.583. The van der Waals surface area contributed by atoms with Gasteiger partial charge in [-0.15, -0.1) is 0 Å². The number of methoxy groups -OCH3 is 1. The molecule has 1 amide bonds. The highest BCUT2D eigenvalue weighted by Crippen LogP contribution is 2.40. The van der Waals surface area contributed by atoms with E-state index in [4.69, 9.17) is 27.9 Å². The molecule has 26 heavy (non-hydrogen) atoms. The summed E-state index contributed by atoms with van der Waals surface area (Å²) in [5.41, 5.74) is 1.20. The fourth-order valence-electron chi connectivity index (χ4n) is 2.20. The number of halogens is 2. The molecule has 1 N–H and O–H groups in total. The maximum Gasteiger partial charge on any atom is 0.255 e. The number of pyridine rings is 1. The van der Waals surface area contributed by atoms with E-state index in [0.717, 1.165) is 4.90 Å². The molecule has 0 atom stereocenters. The van der Waals surface area contributed by atoms with Gasteiger partial charge in [0.25, 0.3) is 5.91 Å². The Bertz CT molecular complexity index is 913. The SMILES string of the molecule is COc1ccc(C(=O)Nc2ccccc2Sc2c(Cl)cncc2Cl)cc1. The molecule has 0 unspecified atom stereocenters. The number of hydrogen-bond donors (Lipinski definition) is 1. The second-order valence-electron chi connectivity index (χ2n) is 5.21. The minimum absolute atomic E-state index is 0.215. The van der Waals surface area contributed by atoms with Gasteiger partial charge in [0.1, 0.15) is 5.75 Å². The highest BCUT2D eigenvalue weighted by atomic mass is 35.5. The maximum atomic E-state index is 12.5. The van der Waals surface area contributed by atoms with Crippen LogP contribution in [-0.4, -0.2) is 18.0 Å². The van der Waals surface area contributed by atoms with Crippen molar-refractivity contribution >= 4 is 46.6 Å². The summed E-state index contributed by atoms with van der Waals surface area (Å²) in [7, 11) is 1.58. The van der Waals surface area contributed by atoms with E-state index in [1.165, 1.54) is 24.2 Å². The van der Waals surface area contributed by atoms with Crippen LogP contribution in [0.15, 0.2) is 70.7 Å². The molecule has 3 aromatic rings. The average molecular weight is 405 g/mol. The van der Waals surface area contributed by atoms with Crippen molar-refractivity contribution in [1.82, 2.24) is 4.98 Å². The zero-order valence-electron chi connectivity index (χ0n) is 13.7. The number of benzene rings is 2. The predicted molar refractivity (Wildman–Crippen MR) is 106 cm³/mol. The van der Waals surface area contributed by atoms with E-state index in [2.05, 4.69) is 10.3 Å². The summed E-state index contributed by atoms with van der Waals surface area (Å²) in [4.78, 5) is 18.0. The van der Waals surface area contributed by atoms with Crippen molar-refractivity contribution in [3.8, 4) is 5.75 Å². The number of carbonyl (C=O) groups is 1. The Morgan fingerprint density at radius 1 is 1.04 bits per heavy atom. The van der Waals surface area contributed by atoms with Gasteiger partial charge in [0, 0.05) is 22.9 Å². The van der Waals surface area contributed by atoms with Gasteiger partial charge in [0.05, 0.1) is 27.7 Å². The van der Waals surface area contributed by atoms with Crippen LogP contribution in [0.25, 0.3) is 0 Å². The first-order chi connectivity index (χ1) is 12.6. The normalized spacial score (nSPS) is 10.4. The molecule has 0 spiro atoms. The van der Waals surface area contributed by atoms with Crippen molar-refractivity contribution in [1.29, 1.82) is 0 Å². The largest absolute Gasteiger partial charge is 0.497 e. The van der Waals surface area contributed by atoms with Crippen molar-refractivity contribution in [2.75, 3.05) is 12.4 Å². The molecule has 4 nitrogen and oxygen atoms in total. The Hall–Kier alpha value is -2.21. The van der Waals surface area contributed by atoms with Crippen LogP contribution in [0, 0.1) is 0 Å². The second kappa shape index (κ2) is 8.45. The minimum Gasteiger partial charge on any atom is -0.497 e. The number of nitrogens with zero attached hydrogens (tertiary/aromatic N) is 1. The molecule has 0 aliphatic rings. The van der Waals surface area contributed by atoms with Gasteiger partial charge in [0.15, 0.2) is 0 Å². The van der Waals surface area contributed by atoms with Gasteiger partial charge in [-0.1, -0.05) is 47.1 Å². The summed E-state index contributed by atoms with van der Waals surface area (Å²) < 4.78 is 5.11. The first-order valence-corrected chi connectivity index (χ1v) is 9.17. The molecule has 0 fully saturated rings. The van der Waals surface area contributed by atoms with Crippen molar-refractivity contribution in [3.63, 3.8) is 0 Å². The topological polar surface area (TPSA) is 51.2 Å². The molecule has 3 rings (SSSR count). The maximum absolute atomic E-state index is 12.5. The Kier molecular flexibility index (Phi) is 6.04. The molecule has 0 aliphatic carbocycles. The van der Waals surface area contributed by atoms with Gasteiger partial charge in [-0.3, -0.25) is 9.78 Å². The summed E-state index contributed by atoms with van der Waals surface area (Å²) in [6.07, 6.45) is 3.07. The average Bonchev–Trinajstić information content (AvgIpc) is 2.66. The molecule has 1 aromatic heterocycles. The van der Waals surface area contributed by atoms with E-state index in [1.807, 2.05) is 24.3 Å². The van der Waals surface area contributed by atoms with Crippen LogP contribution in [0.1, 0.15) is 10.4 Å². The summed E-state index contributed by atoms with van der Waals surface area (Å²) in [5.74, 6) is 0.479. The van der Waals surface area contributed by atoms with E-state index in [9.17, 15) is 4.79 Å². The first kappa shape index (κ1) is 18.6. The number of ether oxygens (including phenoxy) is 1. The number of hydrogen-bond acceptors (Lipinski definition) is 4. The van der Waals surface area contributed by atoms with E-state index in [-0.39, 0.29) is 5.91 Å². The van der Waals surface area contributed by atoms with Crippen molar-refractivity contribution in [2.45, 2.75) is 9.79 Å². The van der Waals surface area contributed by atoms with Crippen molar-refractivity contribution in [2.24, 2.45) is 0 Å². The van der Waals surface area contributed by atoms with Crippen molar-refractivity contribution < 1.29 is 9.53 Å². The van der Waals surface area contributed by atoms with E-state index < -0.39 is 0 Å². The molecule has 2 aromatic carbocycles.